The number of halogens is 2. The van der Waals surface area contributed by atoms with E-state index >= 15 is 0 Å². The van der Waals surface area contributed by atoms with E-state index in [1.165, 1.54) is 0 Å². The highest BCUT2D eigenvalue weighted by Gasteiger charge is 2.24. The number of benzene rings is 1. The predicted molar refractivity (Wildman–Crippen MR) is 61.7 cm³/mol. The van der Waals surface area contributed by atoms with Crippen molar-refractivity contribution in [1.82, 2.24) is 0 Å². The normalized spacial score (nSPS) is 23.3. The Morgan fingerprint density at radius 1 is 1.18 bits per heavy atom. The molecule has 1 aromatic carbocycles. The molecule has 1 atom stereocenters. The van der Waals surface area contributed by atoms with Crippen LogP contribution in [0.25, 0.3) is 0 Å². The first-order valence-corrected chi connectivity index (χ1v) is 7.20. The molecule has 1 aliphatic heterocycles. The summed E-state index contributed by atoms with van der Waals surface area (Å²) in [5.74, 6) is -1.13. The third-order valence-corrected chi connectivity index (χ3v) is 4.52. The van der Waals surface area contributed by atoms with Gasteiger partial charge in [-0.05, 0) is 25.0 Å². The number of hydrogen-bond donors (Lipinski definition) is 1. The average Bonchev–Trinajstić information content (AvgIpc) is 2.13. The molecule has 0 aliphatic carbocycles. The molecule has 1 unspecified atom stereocenters. The van der Waals surface area contributed by atoms with E-state index in [1.807, 2.05) is 0 Å². The van der Waals surface area contributed by atoms with E-state index in [0.717, 1.165) is 18.2 Å². The lowest BCUT2D eigenvalue weighted by Gasteiger charge is -2.24. The van der Waals surface area contributed by atoms with Gasteiger partial charge in [0.25, 0.3) is 0 Å². The van der Waals surface area contributed by atoms with Crippen LogP contribution in [-0.4, -0.2) is 26.0 Å². The van der Waals surface area contributed by atoms with Gasteiger partial charge in [0.05, 0.1) is 11.5 Å². The first-order chi connectivity index (χ1) is 7.94. The molecular formula is C11H13F2NO2S. The Hall–Kier alpha value is -1.17. The van der Waals surface area contributed by atoms with E-state index in [4.69, 9.17) is 0 Å². The van der Waals surface area contributed by atoms with Crippen LogP contribution in [0.5, 0.6) is 0 Å². The Bertz CT molecular complexity index is 496. The fourth-order valence-corrected chi connectivity index (χ4v) is 3.65. The molecule has 2 rings (SSSR count). The van der Waals surface area contributed by atoms with Crippen molar-refractivity contribution in [3.8, 4) is 0 Å². The van der Waals surface area contributed by atoms with Crippen LogP contribution in [0.2, 0.25) is 0 Å². The molecular weight excluding hydrogens is 248 g/mol. The van der Waals surface area contributed by atoms with E-state index in [9.17, 15) is 17.2 Å². The van der Waals surface area contributed by atoms with Crippen LogP contribution in [-0.2, 0) is 9.84 Å². The van der Waals surface area contributed by atoms with Crippen LogP contribution in [0.3, 0.4) is 0 Å². The largest absolute Gasteiger partial charge is 0.381 e. The first-order valence-electron chi connectivity index (χ1n) is 5.38. The number of hydrogen-bond acceptors (Lipinski definition) is 3. The molecule has 94 valence electrons. The van der Waals surface area contributed by atoms with Gasteiger partial charge >= 0.3 is 0 Å². The molecule has 17 heavy (non-hydrogen) atoms. The zero-order valence-corrected chi connectivity index (χ0v) is 9.93. The Kier molecular flexibility index (Phi) is 3.33. The Balaban J connectivity index is 2.10. The minimum atomic E-state index is -3.02. The highest BCUT2D eigenvalue weighted by Crippen LogP contribution is 2.19. The van der Waals surface area contributed by atoms with Crippen molar-refractivity contribution in [2.24, 2.45) is 0 Å². The zero-order chi connectivity index (χ0) is 12.5. The summed E-state index contributed by atoms with van der Waals surface area (Å²) in [4.78, 5) is 0. The van der Waals surface area contributed by atoms with Crippen LogP contribution < -0.4 is 5.32 Å². The maximum Gasteiger partial charge on any atom is 0.152 e. The fraction of sp³-hybridized carbons (Fsp3) is 0.455. The van der Waals surface area contributed by atoms with Gasteiger partial charge in [0.2, 0.25) is 0 Å². The van der Waals surface area contributed by atoms with Crippen molar-refractivity contribution < 1.29 is 17.2 Å². The molecule has 1 heterocycles. The lowest BCUT2D eigenvalue weighted by atomic mass is 10.1. The molecule has 0 bridgehead atoms. The molecule has 0 spiro atoms. The standard InChI is InChI=1S/C11H13F2NO2S/c12-8-4-9(13)6-11(5-8)14-10-2-1-3-17(15,16)7-10/h4-6,10,14H,1-3,7H2. The minimum absolute atomic E-state index is 0.0190. The van der Waals surface area contributed by atoms with Crippen molar-refractivity contribution in [1.29, 1.82) is 0 Å². The lowest BCUT2D eigenvalue weighted by molar-refractivity contribution is 0.561. The van der Waals surface area contributed by atoms with Gasteiger partial charge in [0, 0.05) is 17.8 Å². The van der Waals surface area contributed by atoms with Gasteiger partial charge < -0.3 is 5.32 Å². The van der Waals surface area contributed by atoms with Crippen molar-refractivity contribution in [3.63, 3.8) is 0 Å². The van der Waals surface area contributed by atoms with Gasteiger partial charge in [-0.15, -0.1) is 0 Å². The molecule has 0 radical (unpaired) electrons. The summed E-state index contributed by atoms with van der Waals surface area (Å²) < 4.78 is 48.7. The zero-order valence-electron chi connectivity index (χ0n) is 9.12. The number of nitrogens with one attached hydrogen (secondary N) is 1. The molecule has 1 saturated heterocycles. The molecule has 6 heteroatoms. The summed E-state index contributed by atoms with van der Waals surface area (Å²) in [5.41, 5.74) is 0.282. The van der Waals surface area contributed by atoms with Crippen LogP contribution in [0.4, 0.5) is 14.5 Å². The minimum Gasteiger partial charge on any atom is -0.381 e. The second-order valence-electron chi connectivity index (χ2n) is 4.26. The molecule has 1 N–H and O–H groups in total. The van der Waals surface area contributed by atoms with E-state index in [-0.39, 0.29) is 23.2 Å². The SMILES string of the molecule is O=S1(=O)CCCC(Nc2cc(F)cc(F)c2)C1. The average molecular weight is 261 g/mol. The predicted octanol–water partition coefficient (Wildman–Crippen LogP) is 1.95. The third-order valence-electron chi connectivity index (χ3n) is 2.70. The molecule has 1 aromatic rings. The highest BCUT2D eigenvalue weighted by atomic mass is 32.2. The van der Waals surface area contributed by atoms with E-state index in [0.29, 0.717) is 12.8 Å². The lowest BCUT2D eigenvalue weighted by Crippen LogP contribution is -2.34. The topological polar surface area (TPSA) is 46.2 Å². The smallest absolute Gasteiger partial charge is 0.152 e. The van der Waals surface area contributed by atoms with Crippen LogP contribution >= 0.6 is 0 Å². The van der Waals surface area contributed by atoms with E-state index in [2.05, 4.69) is 5.32 Å². The maximum atomic E-state index is 12.9. The number of anilines is 1. The first kappa shape index (κ1) is 12.3. The van der Waals surface area contributed by atoms with Gasteiger partial charge in [0.15, 0.2) is 9.84 Å². The Morgan fingerprint density at radius 2 is 1.82 bits per heavy atom. The van der Waals surface area contributed by atoms with Crippen molar-refractivity contribution >= 4 is 15.5 Å². The van der Waals surface area contributed by atoms with E-state index < -0.39 is 21.5 Å². The quantitative estimate of drug-likeness (QED) is 0.885. The van der Waals surface area contributed by atoms with Gasteiger partial charge in [-0.2, -0.15) is 0 Å². The summed E-state index contributed by atoms with van der Waals surface area (Å²) >= 11 is 0. The van der Waals surface area contributed by atoms with Crippen molar-refractivity contribution in [2.75, 3.05) is 16.8 Å². The molecule has 0 saturated carbocycles. The molecule has 0 aromatic heterocycles. The molecule has 1 fully saturated rings. The highest BCUT2D eigenvalue weighted by molar-refractivity contribution is 7.91. The van der Waals surface area contributed by atoms with Gasteiger partial charge in [-0.1, -0.05) is 0 Å². The Morgan fingerprint density at radius 3 is 2.41 bits per heavy atom. The summed E-state index contributed by atoms with van der Waals surface area (Å²) in [5, 5.41) is 2.86. The molecule has 1 aliphatic rings. The number of sulfone groups is 1. The van der Waals surface area contributed by atoms with Crippen molar-refractivity contribution in [2.45, 2.75) is 18.9 Å². The third kappa shape index (κ3) is 3.39. The Labute approximate surface area is 98.8 Å². The van der Waals surface area contributed by atoms with Gasteiger partial charge in [0.1, 0.15) is 11.6 Å². The summed E-state index contributed by atoms with van der Waals surface area (Å²) in [6.45, 7) is 0. The maximum absolute atomic E-state index is 12.9. The number of rotatable bonds is 2. The van der Waals surface area contributed by atoms with E-state index in [1.54, 1.807) is 0 Å². The molecule has 0 amide bonds. The monoisotopic (exact) mass is 261 g/mol. The van der Waals surface area contributed by atoms with Crippen LogP contribution in [0, 0.1) is 11.6 Å². The van der Waals surface area contributed by atoms with Crippen LogP contribution in [0.1, 0.15) is 12.8 Å². The summed E-state index contributed by atoms with van der Waals surface area (Å²) in [6.07, 6.45) is 1.27. The summed E-state index contributed by atoms with van der Waals surface area (Å²) in [6, 6.07) is 2.83. The second kappa shape index (κ2) is 4.60. The van der Waals surface area contributed by atoms with Crippen molar-refractivity contribution in [3.05, 3.63) is 29.8 Å². The van der Waals surface area contributed by atoms with Gasteiger partial charge in [-0.25, -0.2) is 17.2 Å². The fourth-order valence-electron chi connectivity index (χ4n) is 2.01. The molecule has 3 nitrogen and oxygen atoms in total. The summed E-state index contributed by atoms with van der Waals surface area (Å²) in [7, 11) is -3.02. The van der Waals surface area contributed by atoms with Crippen LogP contribution in [0.15, 0.2) is 18.2 Å². The van der Waals surface area contributed by atoms with Gasteiger partial charge in [-0.3, -0.25) is 0 Å². The second-order valence-corrected chi connectivity index (χ2v) is 6.48.